The molecular formula is C13H24N6. The highest BCUT2D eigenvalue weighted by Crippen LogP contribution is 2.12. The summed E-state index contributed by atoms with van der Waals surface area (Å²) in [5.41, 5.74) is 0. The fourth-order valence-electron chi connectivity index (χ4n) is 2.01. The molecule has 0 radical (unpaired) electrons. The first-order valence-electron chi connectivity index (χ1n) is 7.02. The molecule has 0 aromatic carbocycles. The summed E-state index contributed by atoms with van der Waals surface area (Å²) in [6, 6.07) is 0. The van der Waals surface area contributed by atoms with E-state index in [0.717, 1.165) is 50.9 Å². The van der Waals surface area contributed by atoms with Crippen LogP contribution >= 0.6 is 0 Å². The molecule has 2 rings (SSSR count). The minimum absolute atomic E-state index is 0.694. The van der Waals surface area contributed by atoms with Crippen molar-refractivity contribution in [2.45, 2.75) is 20.3 Å². The summed E-state index contributed by atoms with van der Waals surface area (Å²) in [4.78, 5) is 9.05. The van der Waals surface area contributed by atoms with Crippen molar-refractivity contribution in [2.75, 3.05) is 50.0 Å². The average molecular weight is 264 g/mol. The number of anilines is 2. The molecule has 1 aliphatic rings. The van der Waals surface area contributed by atoms with Crippen LogP contribution in [0.1, 0.15) is 20.3 Å². The van der Waals surface area contributed by atoms with Crippen molar-refractivity contribution in [3.63, 3.8) is 0 Å². The van der Waals surface area contributed by atoms with E-state index >= 15 is 0 Å². The molecule has 0 aliphatic carbocycles. The number of nitrogens with one attached hydrogen (secondary N) is 1. The second-order valence-corrected chi connectivity index (χ2v) is 5.54. The van der Waals surface area contributed by atoms with E-state index < -0.39 is 0 Å². The van der Waals surface area contributed by atoms with Gasteiger partial charge in [-0.25, -0.2) is 0 Å². The molecule has 106 valence electrons. The maximum Gasteiger partial charge on any atom is 0.247 e. The number of rotatable bonds is 5. The molecule has 2 heterocycles. The lowest BCUT2D eigenvalue weighted by atomic mass is 10.1. The summed E-state index contributed by atoms with van der Waals surface area (Å²) < 4.78 is 0. The molecule has 0 unspecified atom stereocenters. The Morgan fingerprint density at radius 2 is 2.00 bits per heavy atom. The van der Waals surface area contributed by atoms with Gasteiger partial charge in [-0.15, -0.1) is 5.10 Å². The quantitative estimate of drug-likeness (QED) is 0.859. The van der Waals surface area contributed by atoms with Crippen molar-refractivity contribution in [1.82, 2.24) is 20.1 Å². The first-order valence-corrected chi connectivity index (χ1v) is 7.02. The van der Waals surface area contributed by atoms with E-state index in [1.165, 1.54) is 0 Å². The third-order valence-electron chi connectivity index (χ3n) is 3.36. The van der Waals surface area contributed by atoms with Crippen LogP contribution in [0.15, 0.2) is 6.20 Å². The maximum absolute atomic E-state index is 4.54. The summed E-state index contributed by atoms with van der Waals surface area (Å²) in [6.07, 6.45) is 2.83. The molecule has 6 nitrogen and oxygen atoms in total. The zero-order chi connectivity index (χ0) is 13.7. The van der Waals surface area contributed by atoms with Gasteiger partial charge in [-0.1, -0.05) is 13.8 Å². The molecule has 0 atom stereocenters. The summed E-state index contributed by atoms with van der Waals surface area (Å²) >= 11 is 0. The van der Waals surface area contributed by atoms with Gasteiger partial charge in [0.15, 0.2) is 5.82 Å². The van der Waals surface area contributed by atoms with Crippen LogP contribution in [-0.4, -0.2) is 59.9 Å². The third-order valence-corrected chi connectivity index (χ3v) is 3.36. The van der Waals surface area contributed by atoms with Gasteiger partial charge in [-0.3, -0.25) is 0 Å². The van der Waals surface area contributed by atoms with Gasteiger partial charge in [0, 0.05) is 32.7 Å². The first kappa shape index (κ1) is 14.0. The lowest BCUT2D eigenvalue weighted by Crippen LogP contribution is -2.45. The molecule has 1 fully saturated rings. The highest BCUT2D eigenvalue weighted by Gasteiger charge is 2.16. The molecule has 19 heavy (non-hydrogen) atoms. The smallest absolute Gasteiger partial charge is 0.247 e. The Balaban J connectivity index is 1.91. The van der Waals surface area contributed by atoms with E-state index in [1.807, 2.05) is 0 Å². The van der Waals surface area contributed by atoms with Gasteiger partial charge in [0.25, 0.3) is 0 Å². The zero-order valence-corrected chi connectivity index (χ0v) is 12.1. The molecule has 1 aromatic heterocycles. The maximum atomic E-state index is 4.54. The normalized spacial score (nSPS) is 16.9. The highest BCUT2D eigenvalue weighted by atomic mass is 15.4. The van der Waals surface area contributed by atoms with Crippen LogP contribution in [-0.2, 0) is 0 Å². The highest BCUT2D eigenvalue weighted by molar-refractivity contribution is 5.39. The molecule has 1 saturated heterocycles. The Labute approximate surface area is 115 Å². The van der Waals surface area contributed by atoms with Gasteiger partial charge >= 0.3 is 0 Å². The van der Waals surface area contributed by atoms with E-state index in [0.29, 0.717) is 5.92 Å². The van der Waals surface area contributed by atoms with Gasteiger partial charge in [-0.05, 0) is 19.4 Å². The third kappa shape index (κ3) is 4.31. The van der Waals surface area contributed by atoms with Crippen LogP contribution in [0.3, 0.4) is 0 Å². The van der Waals surface area contributed by atoms with Crippen molar-refractivity contribution >= 4 is 11.8 Å². The van der Waals surface area contributed by atoms with Crippen molar-refractivity contribution in [3.8, 4) is 0 Å². The van der Waals surface area contributed by atoms with Crippen LogP contribution in [0.5, 0.6) is 0 Å². The second kappa shape index (κ2) is 6.65. The van der Waals surface area contributed by atoms with E-state index in [2.05, 4.69) is 51.2 Å². The van der Waals surface area contributed by atoms with Crippen molar-refractivity contribution < 1.29 is 0 Å². The fraction of sp³-hybridized carbons (Fsp3) is 0.769. The molecule has 0 saturated carbocycles. The summed E-state index contributed by atoms with van der Waals surface area (Å²) in [5.74, 6) is 2.26. The minimum Gasteiger partial charge on any atom is -0.369 e. The fourth-order valence-corrected chi connectivity index (χ4v) is 2.01. The zero-order valence-electron chi connectivity index (χ0n) is 12.1. The monoisotopic (exact) mass is 264 g/mol. The molecule has 1 N–H and O–H groups in total. The van der Waals surface area contributed by atoms with E-state index in [-0.39, 0.29) is 0 Å². The molecule has 0 spiro atoms. The van der Waals surface area contributed by atoms with Crippen molar-refractivity contribution in [3.05, 3.63) is 6.20 Å². The molecular weight excluding hydrogens is 240 g/mol. The molecule has 6 heteroatoms. The minimum atomic E-state index is 0.694. The molecule has 0 amide bonds. The van der Waals surface area contributed by atoms with E-state index in [9.17, 15) is 0 Å². The largest absolute Gasteiger partial charge is 0.369 e. The summed E-state index contributed by atoms with van der Waals surface area (Å²) in [6.45, 7) is 9.40. The van der Waals surface area contributed by atoms with Gasteiger partial charge in [0.2, 0.25) is 5.95 Å². The standard InChI is InChI=1S/C13H24N6/c1-11(2)4-5-14-12-10-15-17-13(16-12)19-8-6-18(3)7-9-19/h10-11H,4-9H2,1-3H3,(H,14,16,17). The SMILES string of the molecule is CC(C)CCNc1cnnc(N2CCN(C)CC2)n1. The number of piperazine rings is 1. The lowest BCUT2D eigenvalue weighted by molar-refractivity contribution is 0.311. The number of hydrogen-bond donors (Lipinski definition) is 1. The van der Waals surface area contributed by atoms with Crippen LogP contribution in [0.25, 0.3) is 0 Å². The lowest BCUT2D eigenvalue weighted by Gasteiger charge is -2.32. The molecule has 0 bridgehead atoms. The Morgan fingerprint density at radius 1 is 1.26 bits per heavy atom. The van der Waals surface area contributed by atoms with Crippen LogP contribution in [0.4, 0.5) is 11.8 Å². The van der Waals surface area contributed by atoms with Gasteiger partial charge < -0.3 is 15.1 Å². The topological polar surface area (TPSA) is 57.2 Å². The van der Waals surface area contributed by atoms with Crippen molar-refractivity contribution in [2.24, 2.45) is 5.92 Å². The predicted molar refractivity (Wildman–Crippen MR) is 77.5 cm³/mol. The van der Waals surface area contributed by atoms with Crippen LogP contribution in [0.2, 0.25) is 0 Å². The van der Waals surface area contributed by atoms with Crippen LogP contribution < -0.4 is 10.2 Å². The van der Waals surface area contributed by atoms with E-state index in [4.69, 9.17) is 0 Å². The Morgan fingerprint density at radius 3 is 2.68 bits per heavy atom. The number of likely N-dealkylation sites (N-methyl/N-ethyl adjacent to an activating group) is 1. The Hall–Kier alpha value is -1.43. The summed E-state index contributed by atoms with van der Waals surface area (Å²) in [5, 5.41) is 11.5. The Kier molecular flexibility index (Phi) is 4.90. The summed E-state index contributed by atoms with van der Waals surface area (Å²) in [7, 11) is 2.14. The van der Waals surface area contributed by atoms with E-state index in [1.54, 1.807) is 6.20 Å². The van der Waals surface area contributed by atoms with Gasteiger partial charge in [-0.2, -0.15) is 10.1 Å². The average Bonchev–Trinajstić information content (AvgIpc) is 2.39. The van der Waals surface area contributed by atoms with Gasteiger partial charge in [0.05, 0.1) is 6.20 Å². The number of aromatic nitrogens is 3. The molecule has 1 aliphatic heterocycles. The number of nitrogens with zero attached hydrogens (tertiary/aromatic N) is 5. The Bertz CT molecular complexity index is 386. The second-order valence-electron chi connectivity index (χ2n) is 5.54. The van der Waals surface area contributed by atoms with Crippen LogP contribution in [0, 0.1) is 5.92 Å². The number of hydrogen-bond acceptors (Lipinski definition) is 6. The van der Waals surface area contributed by atoms with Gasteiger partial charge in [0.1, 0.15) is 0 Å². The molecule has 1 aromatic rings. The predicted octanol–water partition coefficient (Wildman–Crippen LogP) is 1.08. The first-order chi connectivity index (χ1) is 9.15. The van der Waals surface area contributed by atoms with Crippen molar-refractivity contribution in [1.29, 1.82) is 0 Å².